The van der Waals surface area contributed by atoms with Crippen LogP contribution < -0.4 is 0 Å². The van der Waals surface area contributed by atoms with Gasteiger partial charge in [-0.2, -0.15) is 0 Å². The van der Waals surface area contributed by atoms with E-state index in [-0.39, 0.29) is 11.9 Å². The van der Waals surface area contributed by atoms with E-state index in [2.05, 4.69) is 6.92 Å². The summed E-state index contributed by atoms with van der Waals surface area (Å²) in [5.41, 5.74) is 1.27. The zero-order valence-corrected chi connectivity index (χ0v) is 14.4. The summed E-state index contributed by atoms with van der Waals surface area (Å²) in [6, 6.07) is 0. The van der Waals surface area contributed by atoms with Crippen molar-refractivity contribution in [3.8, 4) is 0 Å². The molecule has 1 aromatic heterocycles. The number of carbonyl (C=O) groups excluding carboxylic acids is 2. The third kappa shape index (κ3) is 3.51. The molecule has 5 heteroatoms. The molecule has 0 amide bonds. The number of fused-ring (bicyclic) bond motifs is 1. The molecule has 0 N–H and O–H groups in total. The van der Waals surface area contributed by atoms with Crippen LogP contribution in [-0.2, 0) is 27.1 Å². The monoisotopic (exact) mass is 324 g/mol. The number of thiophene rings is 1. The molecule has 4 nitrogen and oxygen atoms in total. The van der Waals surface area contributed by atoms with Crippen molar-refractivity contribution in [1.29, 1.82) is 0 Å². The molecule has 1 unspecified atom stereocenters. The average molecular weight is 324 g/mol. The Labute approximate surface area is 135 Å². The van der Waals surface area contributed by atoms with Gasteiger partial charge in [0.05, 0.1) is 24.2 Å². The van der Waals surface area contributed by atoms with E-state index in [0.717, 1.165) is 29.7 Å². The summed E-state index contributed by atoms with van der Waals surface area (Å²) in [7, 11) is 0. The molecule has 0 spiro atoms. The van der Waals surface area contributed by atoms with E-state index in [0.29, 0.717) is 31.6 Å². The second-order valence-corrected chi connectivity index (χ2v) is 6.96. The van der Waals surface area contributed by atoms with Crippen molar-refractivity contribution < 1.29 is 19.1 Å². The van der Waals surface area contributed by atoms with Crippen LogP contribution in [0.4, 0.5) is 0 Å². The molecule has 1 atom stereocenters. The Morgan fingerprint density at radius 1 is 1.32 bits per heavy atom. The molecule has 1 aliphatic carbocycles. The maximum atomic E-state index is 12.1. The normalized spacial score (nSPS) is 20.3. The molecule has 1 aromatic rings. The van der Waals surface area contributed by atoms with Crippen LogP contribution in [0.3, 0.4) is 0 Å². The molecule has 0 radical (unpaired) electrons. The van der Waals surface area contributed by atoms with Crippen LogP contribution in [0.2, 0.25) is 0 Å². The van der Waals surface area contributed by atoms with Crippen molar-refractivity contribution in [2.45, 2.75) is 52.9 Å². The van der Waals surface area contributed by atoms with E-state index in [1.807, 2.05) is 19.2 Å². The third-order valence-electron chi connectivity index (χ3n) is 4.18. The van der Waals surface area contributed by atoms with Crippen LogP contribution in [0.25, 0.3) is 0 Å². The summed E-state index contributed by atoms with van der Waals surface area (Å²) < 4.78 is 10.5. The number of unbranched alkanes of at least 4 members (excludes halogenated alkanes) is 1. The topological polar surface area (TPSA) is 52.6 Å². The van der Waals surface area contributed by atoms with Crippen LogP contribution in [0, 0.1) is 5.41 Å². The fourth-order valence-electron chi connectivity index (χ4n) is 2.73. The maximum Gasteiger partial charge on any atom is 0.339 e. The van der Waals surface area contributed by atoms with E-state index in [9.17, 15) is 9.59 Å². The number of ether oxygens (including phenoxy) is 2. The van der Waals surface area contributed by atoms with E-state index in [4.69, 9.17) is 9.47 Å². The molecule has 2 rings (SSSR count). The summed E-state index contributed by atoms with van der Waals surface area (Å²) in [6.45, 7) is 6.72. The van der Waals surface area contributed by atoms with Crippen LogP contribution in [0.15, 0.2) is 5.38 Å². The number of rotatable bonds is 6. The molecule has 22 heavy (non-hydrogen) atoms. The molecule has 0 aromatic carbocycles. The lowest BCUT2D eigenvalue weighted by Gasteiger charge is -2.31. The van der Waals surface area contributed by atoms with Crippen LogP contribution >= 0.6 is 11.3 Å². The Bertz CT molecular complexity index is 549. The molecule has 0 fully saturated rings. The summed E-state index contributed by atoms with van der Waals surface area (Å²) in [6.07, 6.45) is 3.98. The lowest BCUT2D eigenvalue weighted by molar-refractivity contribution is -0.155. The van der Waals surface area contributed by atoms with Gasteiger partial charge in [-0.3, -0.25) is 4.79 Å². The summed E-state index contributed by atoms with van der Waals surface area (Å²) >= 11 is 1.55. The van der Waals surface area contributed by atoms with Gasteiger partial charge in [0.1, 0.15) is 0 Å². The third-order valence-corrected chi connectivity index (χ3v) is 5.21. The molecule has 1 aliphatic rings. The van der Waals surface area contributed by atoms with Crippen molar-refractivity contribution in [2.24, 2.45) is 5.41 Å². The van der Waals surface area contributed by atoms with Gasteiger partial charge in [-0.05, 0) is 45.1 Å². The Morgan fingerprint density at radius 3 is 2.77 bits per heavy atom. The first-order chi connectivity index (χ1) is 10.5. The molecule has 0 saturated heterocycles. The summed E-state index contributed by atoms with van der Waals surface area (Å²) in [4.78, 5) is 25.4. The molecule has 0 bridgehead atoms. The fraction of sp³-hybridized carbons (Fsp3) is 0.647. The molecule has 1 heterocycles. The van der Waals surface area contributed by atoms with Gasteiger partial charge in [-0.25, -0.2) is 4.79 Å². The molecular weight excluding hydrogens is 300 g/mol. The first kappa shape index (κ1) is 17.0. The Morgan fingerprint density at radius 2 is 2.09 bits per heavy atom. The van der Waals surface area contributed by atoms with Gasteiger partial charge in [0, 0.05) is 10.3 Å². The van der Waals surface area contributed by atoms with Crippen molar-refractivity contribution in [3.63, 3.8) is 0 Å². The Balaban J connectivity index is 2.09. The fourth-order valence-corrected chi connectivity index (χ4v) is 3.98. The molecule has 122 valence electrons. The van der Waals surface area contributed by atoms with E-state index in [1.165, 1.54) is 0 Å². The van der Waals surface area contributed by atoms with Crippen molar-refractivity contribution in [1.82, 2.24) is 0 Å². The SMILES string of the molecule is CCCCOC(=O)c1csc2c1CCC(C)(C(=O)OCC)C2. The first-order valence-electron chi connectivity index (χ1n) is 7.95. The lowest BCUT2D eigenvalue weighted by Crippen LogP contribution is -2.35. The predicted molar refractivity (Wildman–Crippen MR) is 86.3 cm³/mol. The van der Waals surface area contributed by atoms with Crippen LogP contribution in [0.1, 0.15) is 60.8 Å². The highest BCUT2D eigenvalue weighted by Crippen LogP contribution is 2.40. The highest BCUT2D eigenvalue weighted by atomic mass is 32.1. The minimum Gasteiger partial charge on any atom is -0.466 e. The van der Waals surface area contributed by atoms with Gasteiger partial charge in [0.15, 0.2) is 0 Å². The maximum absolute atomic E-state index is 12.1. The summed E-state index contributed by atoms with van der Waals surface area (Å²) in [5, 5.41) is 1.87. The van der Waals surface area contributed by atoms with Gasteiger partial charge >= 0.3 is 11.9 Å². The van der Waals surface area contributed by atoms with E-state index < -0.39 is 5.41 Å². The Hall–Kier alpha value is -1.36. The second-order valence-electron chi connectivity index (χ2n) is 6.00. The quantitative estimate of drug-likeness (QED) is 0.590. The zero-order valence-electron chi connectivity index (χ0n) is 13.6. The van der Waals surface area contributed by atoms with E-state index >= 15 is 0 Å². The zero-order chi connectivity index (χ0) is 16.2. The molecule has 0 aliphatic heterocycles. The van der Waals surface area contributed by atoms with Crippen LogP contribution in [0.5, 0.6) is 0 Å². The van der Waals surface area contributed by atoms with Crippen molar-refractivity contribution >= 4 is 23.3 Å². The smallest absolute Gasteiger partial charge is 0.339 e. The van der Waals surface area contributed by atoms with Gasteiger partial charge < -0.3 is 9.47 Å². The summed E-state index contributed by atoms with van der Waals surface area (Å²) in [5.74, 6) is -0.369. The minimum atomic E-state index is -0.475. The highest BCUT2D eigenvalue weighted by molar-refractivity contribution is 7.10. The standard InChI is InChI=1S/C17H24O4S/c1-4-6-9-21-15(18)13-11-22-14-10-17(3,8-7-12(13)14)16(19)20-5-2/h11H,4-10H2,1-3H3. The Kier molecular flexibility index (Phi) is 5.62. The highest BCUT2D eigenvalue weighted by Gasteiger charge is 2.40. The predicted octanol–water partition coefficient (Wildman–Crippen LogP) is 3.76. The second kappa shape index (κ2) is 7.27. The van der Waals surface area contributed by atoms with Gasteiger partial charge in [-0.15, -0.1) is 11.3 Å². The number of carbonyl (C=O) groups is 2. The van der Waals surface area contributed by atoms with Crippen molar-refractivity contribution in [3.05, 3.63) is 21.4 Å². The van der Waals surface area contributed by atoms with E-state index in [1.54, 1.807) is 11.3 Å². The number of hydrogen-bond donors (Lipinski definition) is 0. The number of esters is 2. The van der Waals surface area contributed by atoms with Crippen LogP contribution in [-0.4, -0.2) is 25.2 Å². The molecule has 0 saturated carbocycles. The van der Waals surface area contributed by atoms with Gasteiger partial charge in [0.25, 0.3) is 0 Å². The van der Waals surface area contributed by atoms with Gasteiger partial charge in [0.2, 0.25) is 0 Å². The lowest BCUT2D eigenvalue weighted by atomic mass is 9.75. The minimum absolute atomic E-state index is 0.138. The number of hydrogen-bond acceptors (Lipinski definition) is 5. The average Bonchev–Trinajstić information content (AvgIpc) is 2.90. The first-order valence-corrected chi connectivity index (χ1v) is 8.83. The van der Waals surface area contributed by atoms with Crippen molar-refractivity contribution in [2.75, 3.05) is 13.2 Å². The molecular formula is C17H24O4S. The largest absolute Gasteiger partial charge is 0.466 e. The van der Waals surface area contributed by atoms with Gasteiger partial charge in [-0.1, -0.05) is 13.3 Å².